The van der Waals surface area contributed by atoms with Crippen LogP contribution in [0, 0.1) is 0 Å². The number of hydrogen-bond donors (Lipinski definition) is 2. The third-order valence-electron chi connectivity index (χ3n) is 3.19. The average molecular weight is 268 g/mol. The Labute approximate surface area is 120 Å². The van der Waals surface area contributed by atoms with Crippen LogP contribution in [0.1, 0.15) is 29.8 Å². The van der Waals surface area contributed by atoms with Crippen LogP contribution in [0.2, 0.25) is 0 Å². The minimum Gasteiger partial charge on any atom is -0.385 e. The molecular formula is C17H20N2O. The summed E-state index contributed by atoms with van der Waals surface area (Å²) in [7, 11) is 0. The molecule has 0 spiro atoms. The van der Waals surface area contributed by atoms with Crippen LogP contribution >= 0.6 is 0 Å². The third kappa shape index (κ3) is 3.18. The molecule has 2 aromatic rings. The van der Waals surface area contributed by atoms with E-state index in [1.807, 2.05) is 55.5 Å². The molecule has 0 bridgehead atoms. The minimum absolute atomic E-state index is 0.0811. The molecule has 1 amide bonds. The Morgan fingerprint density at radius 1 is 0.950 bits per heavy atom. The molecule has 0 saturated carbocycles. The predicted molar refractivity (Wildman–Crippen MR) is 84.4 cm³/mol. The fourth-order valence-corrected chi connectivity index (χ4v) is 2.17. The number of aryl methyl sites for hydroxylation is 1. The summed E-state index contributed by atoms with van der Waals surface area (Å²) >= 11 is 0. The molecule has 3 nitrogen and oxygen atoms in total. The van der Waals surface area contributed by atoms with E-state index in [0.717, 1.165) is 29.9 Å². The first-order valence-corrected chi connectivity index (χ1v) is 6.98. The van der Waals surface area contributed by atoms with Crippen LogP contribution < -0.4 is 10.6 Å². The van der Waals surface area contributed by atoms with Gasteiger partial charge in [-0.15, -0.1) is 0 Å². The summed E-state index contributed by atoms with van der Waals surface area (Å²) in [6, 6.07) is 15.5. The van der Waals surface area contributed by atoms with Gasteiger partial charge >= 0.3 is 0 Å². The van der Waals surface area contributed by atoms with Gasteiger partial charge in [0.15, 0.2) is 0 Å². The monoisotopic (exact) mass is 268 g/mol. The Morgan fingerprint density at radius 3 is 2.30 bits per heavy atom. The van der Waals surface area contributed by atoms with Crippen molar-refractivity contribution in [2.75, 3.05) is 17.2 Å². The van der Waals surface area contributed by atoms with E-state index in [1.54, 1.807) is 0 Å². The molecule has 20 heavy (non-hydrogen) atoms. The highest BCUT2D eigenvalue weighted by Crippen LogP contribution is 2.20. The van der Waals surface area contributed by atoms with Gasteiger partial charge < -0.3 is 10.6 Å². The number of para-hydroxylation sites is 2. The van der Waals surface area contributed by atoms with Gasteiger partial charge in [0.05, 0.1) is 5.56 Å². The molecule has 104 valence electrons. The van der Waals surface area contributed by atoms with Crippen molar-refractivity contribution in [2.45, 2.75) is 20.3 Å². The van der Waals surface area contributed by atoms with Gasteiger partial charge in [-0.2, -0.15) is 0 Å². The lowest BCUT2D eigenvalue weighted by molar-refractivity contribution is 0.102. The number of carbonyl (C=O) groups excluding carboxylic acids is 1. The molecule has 0 radical (unpaired) electrons. The van der Waals surface area contributed by atoms with E-state index >= 15 is 0 Å². The van der Waals surface area contributed by atoms with Gasteiger partial charge in [-0.25, -0.2) is 0 Å². The summed E-state index contributed by atoms with van der Waals surface area (Å²) in [6.07, 6.45) is 0.894. The molecule has 0 fully saturated rings. The normalized spacial score (nSPS) is 10.1. The fraction of sp³-hybridized carbons (Fsp3) is 0.235. The van der Waals surface area contributed by atoms with Crippen LogP contribution in [-0.2, 0) is 6.42 Å². The highest BCUT2D eigenvalue weighted by Gasteiger charge is 2.11. The molecule has 3 heteroatoms. The smallest absolute Gasteiger partial charge is 0.257 e. The zero-order valence-corrected chi connectivity index (χ0v) is 11.9. The first-order valence-electron chi connectivity index (χ1n) is 6.98. The maximum atomic E-state index is 12.4. The van der Waals surface area contributed by atoms with Crippen molar-refractivity contribution in [3.05, 3.63) is 59.7 Å². The van der Waals surface area contributed by atoms with Crippen LogP contribution in [-0.4, -0.2) is 12.5 Å². The molecular weight excluding hydrogens is 248 g/mol. The Morgan fingerprint density at radius 2 is 1.60 bits per heavy atom. The van der Waals surface area contributed by atoms with Crippen LogP contribution in [0.4, 0.5) is 11.4 Å². The highest BCUT2D eigenvalue weighted by atomic mass is 16.1. The zero-order valence-electron chi connectivity index (χ0n) is 11.9. The largest absolute Gasteiger partial charge is 0.385 e. The first kappa shape index (κ1) is 14.1. The molecule has 0 aliphatic carbocycles. The summed E-state index contributed by atoms with van der Waals surface area (Å²) in [5.74, 6) is -0.0811. The van der Waals surface area contributed by atoms with Crippen LogP contribution in [0.15, 0.2) is 48.5 Å². The molecule has 0 heterocycles. The number of benzene rings is 2. The van der Waals surface area contributed by atoms with E-state index in [2.05, 4.69) is 17.6 Å². The van der Waals surface area contributed by atoms with E-state index in [4.69, 9.17) is 0 Å². The fourth-order valence-electron chi connectivity index (χ4n) is 2.17. The van der Waals surface area contributed by atoms with Gasteiger partial charge in [-0.05, 0) is 37.1 Å². The lowest BCUT2D eigenvalue weighted by Crippen LogP contribution is -2.15. The Bertz CT molecular complexity index is 593. The van der Waals surface area contributed by atoms with Crippen LogP contribution in [0.5, 0.6) is 0 Å². The second-order valence-electron chi connectivity index (χ2n) is 4.54. The SMILES string of the molecule is CCNc1ccccc1C(=O)Nc1ccccc1CC. The van der Waals surface area contributed by atoms with Crippen molar-refractivity contribution in [3.63, 3.8) is 0 Å². The van der Waals surface area contributed by atoms with Crippen molar-refractivity contribution < 1.29 is 4.79 Å². The van der Waals surface area contributed by atoms with E-state index in [0.29, 0.717) is 5.56 Å². The van der Waals surface area contributed by atoms with Crippen molar-refractivity contribution in [2.24, 2.45) is 0 Å². The molecule has 2 rings (SSSR count). The van der Waals surface area contributed by atoms with Crippen molar-refractivity contribution in [1.29, 1.82) is 0 Å². The summed E-state index contributed by atoms with van der Waals surface area (Å²) in [5.41, 5.74) is 3.55. The minimum atomic E-state index is -0.0811. The molecule has 0 aromatic heterocycles. The number of amides is 1. The Balaban J connectivity index is 2.24. The van der Waals surface area contributed by atoms with Crippen molar-refractivity contribution >= 4 is 17.3 Å². The number of hydrogen-bond acceptors (Lipinski definition) is 2. The Kier molecular flexibility index (Phi) is 4.77. The van der Waals surface area contributed by atoms with Crippen molar-refractivity contribution in [1.82, 2.24) is 0 Å². The summed E-state index contributed by atoms with van der Waals surface area (Å²) in [5, 5.41) is 6.21. The number of carbonyl (C=O) groups is 1. The average Bonchev–Trinajstić information content (AvgIpc) is 2.48. The molecule has 2 N–H and O–H groups in total. The van der Waals surface area contributed by atoms with Gasteiger partial charge in [0.25, 0.3) is 5.91 Å². The molecule has 2 aromatic carbocycles. The van der Waals surface area contributed by atoms with E-state index < -0.39 is 0 Å². The first-order chi connectivity index (χ1) is 9.76. The predicted octanol–water partition coefficient (Wildman–Crippen LogP) is 3.93. The standard InChI is InChI=1S/C17H20N2O/c1-3-13-9-5-7-11-15(13)19-17(20)14-10-6-8-12-16(14)18-4-2/h5-12,18H,3-4H2,1-2H3,(H,19,20). The summed E-state index contributed by atoms with van der Waals surface area (Å²) < 4.78 is 0. The quantitative estimate of drug-likeness (QED) is 0.862. The lowest BCUT2D eigenvalue weighted by Gasteiger charge is -2.13. The van der Waals surface area contributed by atoms with Gasteiger partial charge in [0.1, 0.15) is 0 Å². The molecule has 0 atom stereocenters. The second kappa shape index (κ2) is 6.75. The maximum Gasteiger partial charge on any atom is 0.257 e. The summed E-state index contributed by atoms with van der Waals surface area (Å²) in [6.45, 7) is 4.88. The van der Waals surface area contributed by atoms with Gasteiger partial charge in [0.2, 0.25) is 0 Å². The number of anilines is 2. The second-order valence-corrected chi connectivity index (χ2v) is 4.54. The van der Waals surface area contributed by atoms with E-state index in [9.17, 15) is 4.79 Å². The lowest BCUT2D eigenvalue weighted by atomic mass is 10.1. The molecule has 0 aliphatic heterocycles. The van der Waals surface area contributed by atoms with Gasteiger partial charge in [-0.3, -0.25) is 4.79 Å². The van der Waals surface area contributed by atoms with Crippen LogP contribution in [0.3, 0.4) is 0 Å². The van der Waals surface area contributed by atoms with Gasteiger partial charge in [-0.1, -0.05) is 37.3 Å². The number of nitrogens with one attached hydrogen (secondary N) is 2. The molecule has 0 saturated heterocycles. The molecule has 0 unspecified atom stereocenters. The van der Waals surface area contributed by atoms with Gasteiger partial charge in [0, 0.05) is 17.9 Å². The summed E-state index contributed by atoms with van der Waals surface area (Å²) in [4.78, 5) is 12.4. The van der Waals surface area contributed by atoms with E-state index in [-0.39, 0.29) is 5.91 Å². The van der Waals surface area contributed by atoms with Crippen molar-refractivity contribution in [3.8, 4) is 0 Å². The Hall–Kier alpha value is -2.29. The number of rotatable bonds is 5. The van der Waals surface area contributed by atoms with E-state index in [1.165, 1.54) is 0 Å². The third-order valence-corrected chi connectivity index (χ3v) is 3.19. The maximum absolute atomic E-state index is 12.4. The zero-order chi connectivity index (χ0) is 14.4. The highest BCUT2D eigenvalue weighted by molar-refractivity contribution is 6.08. The topological polar surface area (TPSA) is 41.1 Å². The van der Waals surface area contributed by atoms with Crippen LogP contribution in [0.25, 0.3) is 0 Å². The molecule has 0 aliphatic rings.